The van der Waals surface area contributed by atoms with E-state index in [1.54, 1.807) is 37.3 Å². The number of thioether (sulfide) groups is 1. The third-order valence-corrected chi connectivity index (χ3v) is 9.26. The molecule has 1 aromatic heterocycles. The van der Waals surface area contributed by atoms with Gasteiger partial charge in [-0.3, -0.25) is 14.5 Å². The molecule has 0 saturated carbocycles. The summed E-state index contributed by atoms with van der Waals surface area (Å²) >= 11 is 2.50. The Morgan fingerprint density at radius 2 is 1.98 bits per heavy atom. The zero-order chi connectivity index (χ0) is 29.8. The van der Waals surface area contributed by atoms with Crippen molar-refractivity contribution in [2.75, 3.05) is 30.2 Å². The van der Waals surface area contributed by atoms with E-state index in [9.17, 15) is 14.9 Å². The van der Waals surface area contributed by atoms with Crippen LogP contribution in [0.3, 0.4) is 0 Å². The van der Waals surface area contributed by atoms with Crippen molar-refractivity contribution in [3.63, 3.8) is 0 Å². The second-order valence-corrected chi connectivity index (χ2v) is 11.8. The van der Waals surface area contributed by atoms with Crippen molar-refractivity contribution in [2.24, 2.45) is 5.73 Å². The first kappa shape index (κ1) is 29.2. The van der Waals surface area contributed by atoms with Crippen molar-refractivity contribution in [2.45, 2.75) is 42.9 Å². The molecule has 0 bridgehead atoms. The maximum atomic E-state index is 13.5. The van der Waals surface area contributed by atoms with Gasteiger partial charge in [0.2, 0.25) is 11.0 Å². The topological polar surface area (TPSA) is 143 Å². The zero-order valence-electron chi connectivity index (χ0n) is 23.5. The van der Waals surface area contributed by atoms with Gasteiger partial charge in [-0.2, -0.15) is 5.26 Å². The number of benzene rings is 2. The van der Waals surface area contributed by atoms with Crippen LogP contribution in [0.4, 0.5) is 10.8 Å². The molecule has 216 valence electrons. The Morgan fingerprint density at radius 1 is 1.19 bits per heavy atom. The summed E-state index contributed by atoms with van der Waals surface area (Å²) in [6.45, 7) is 2.08. The Hall–Kier alpha value is -4.34. The Balaban J connectivity index is 1.44. The van der Waals surface area contributed by atoms with Crippen molar-refractivity contribution >= 4 is 45.6 Å². The largest absolute Gasteiger partial charge is 0.497 e. The number of ether oxygens (including phenoxy) is 2. The van der Waals surface area contributed by atoms with Crippen LogP contribution in [-0.4, -0.2) is 41.9 Å². The van der Waals surface area contributed by atoms with Crippen molar-refractivity contribution < 1.29 is 19.1 Å². The molecule has 1 unspecified atom stereocenters. The molecule has 5 rings (SSSR count). The number of nitrogens with two attached hydrogens (primary N) is 1. The van der Waals surface area contributed by atoms with Gasteiger partial charge in [0, 0.05) is 28.9 Å². The average molecular weight is 603 g/mol. The molecular formula is C30H30N6O4S2. The Labute approximate surface area is 252 Å². The predicted molar refractivity (Wildman–Crippen MR) is 163 cm³/mol. The summed E-state index contributed by atoms with van der Waals surface area (Å²) in [5.74, 6) is 0.486. The Morgan fingerprint density at radius 3 is 2.67 bits per heavy atom. The summed E-state index contributed by atoms with van der Waals surface area (Å²) in [5, 5.41) is 22.3. The highest BCUT2D eigenvalue weighted by Crippen LogP contribution is 2.49. The lowest BCUT2D eigenvalue weighted by Crippen LogP contribution is -2.38. The van der Waals surface area contributed by atoms with Gasteiger partial charge < -0.3 is 20.5 Å². The number of amides is 1. The fourth-order valence-corrected chi connectivity index (χ4v) is 6.86. The van der Waals surface area contributed by atoms with E-state index >= 15 is 0 Å². The van der Waals surface area contributed by atoms with Crippen LogP contribution in [0.1, 0.15) is 43.2 Å². The zero-order valence-corrected chi connectivity index (χ0v) is 25.1. The summed E-state index contributed by atoms with van der Waals surface area (Å²) in [5.41, 5.74) is 10.6. The molecule has 3 N–H and O–H groups in total. The molecular weight excluding hydrogens is 573 g/mol. The van der Waals surface area contributed by atoms with Gasteiger partial charge in [0.25, 0.3) is 0 Å². The maximum absolute atomic E-state index is 13.5. The summed E-state index contributed by atoms with van der Waals surface area (Å²) in [7, 11) is 3.10. The van der Waals surface area contributed by atoms with Crippen LogP contribution in [0, 0.1) is 11.3 Å². The molecule has 10 nitrogen and oxygen atoms in total. The molecule has 2 aromatic carbocycles. The Kier molecular flexibility index (Phi) is 8.80. The van der Waals surface area contributed by atoms with E-state index in [0.717, 1.165) is 12.1 Å². The molecule has 2 heterocycles. The average Bonchev–Trinajstić information content (AvgIpc) is 3.48. The molecule has 1 aliphatic heterocycles. The quantitative estimate of drug-likeness (QED) is 0.316. The van der Waals surface area contributed by atoms with Gasteiger partial charge in [0.1, 0.15) is 17.3 Å². The van der Waals surface area contributed by atoms with E-state index < -0.39 is 5.92 Å². The van der Waals surface area contributed by atoms with Crippen molar-refractivity contribution in [1.29, 1.82) is 5.26 Å². The molecule has 0 fully saturated rings. The molecule has 1 atom stereocenters. The highest BCUT2D eigenvalue weighted by atomic mass is 32.2. The minimum Gasteiger partial charge on any atom is -0.497 e. The number of nitriles is 1. The molecule has 12 heteroatoms. The number of ketones is 1. The third-order valence-electron chi connectivity index (χ3n) is 7.22. The van der Waals surface area contributed by atoms with Gasteiger partial charge in [-0.25, -0.2) is 0 Å². The van der Waals surface area contributed by atoms with E-state index in [1.807, 2.05) is 24.3 Å². The number of hydrogen-bond donors (Lipinski definition) is 2. The maximum Gasteiger partial charge on any atom is 0.234 e. The fraction of sp³-hybridized carbons (Fsp3) is 0.300. The first-order valence-corrected chi connectivity index (χ1v) is 15.2. The number of hydrogen-bond acceptors (Lipinski definition) is 11. The number of anilines is 2. The lowest BCUT2D eigenvalue weighted by atomic mass is 9.75. The summed E-state index contributed by atoms with van der Waals surface area (Å²) in [4.78, 5) is 27.7. The minimum absolute atomic E-state index is 0.0564. The van der Waals surface area contributed by atoms with Crippen LogP contribution >= 0.6 is 23.1 Å². The lowest BCUT2D eigenvalue weighted by molar-refractivity contribution is -0.116. The molecule has 42 heavy (non-hydrogen) atoms. The van der Waals surface area contributed by atoms with E-state index in [1.165, 1.54) is 28.7 Å². The first-order chi connectivity index (χ1) is 20.4. The molecule has 3 aromatic rings. The number of Topliss-reactive ketones (excluding diaryl/α,β-unsaturated/α-hetero) is 1. The fourth-order valence-electron chi connectivity index (χ4n) is 5.18. The highest BCUT2D eigenvalue weighted by molar-refractivity contribution is 8.01. The number of carbonyl (C=O) groups excluding carboxylic acids is 2. The second kappa shape index (κ2) is 12.7. The molecule has 0 spiro atoms. The number of allylic oxidation sites excluding steroid dienone is 3. The summed E-state index contributed by atoms with van der Waals surface area (Å²) in [6, 6.07) is 15.3. The van der Waals surface area contributed by atoms with E-state index in [4.69, 9.17) is 15.2 Å². The summed E-state index contributed by atoms with van der Waals surface area (Å²) in [6.07, 6.45) is 2.51. The van der Waals surface area contributed by atoms with Crippen LogP contribution in [-0.2, 0) is 16.0 Å². The van der Waals surface area contributed by atoms with E-state index in [2.05, 4.69) is 28.5 Å². The van der Waals surface area contributed by atoms with Gasteiger partial charge >= 0.3 is 0 Å². The van der Waals surface area contributed by atoms with Gasteiger partial charge in [-0.15, -0.1) is 10.2 Å². The van der Waals surface area contributed by atoms with E-state index in [-0.39, 0.29) is 28.8 Å². The number of nitrogens with one attached hydrogen (secondary N) is 1. The molecule has 2 aliphatic rings. The number of methoxy groups -OCH3 is 2. The van der Waals surface area contributed by atoms with Crippen LogP contribution in [0.25, 0.3) is 0 Å². The first-order valence-electron chi connectivity index (χ1n) is 13.4. The van der Waals surface area contributed by atoms with Crippen LogP contribution in [0.2, 0.25) is 0 Å². The van der Waals surface area contributed by atoms with E-state index in [0.29, 0.717) is 57.1 Å². The molecule has 1 amide bonds. The van der Waals surface area contributed by atoms with Crippen LogP contribution in [0.5, 0.6) is 11.5 Å². The normalized spacial score (nSPS) is 16.7. The SMILES string of the molecule is CCc1ccc(NC(=O)CSc2nnc(N3C(N)=C(C#N)C(c4cc(OC)ccc4OC)C4=C3CCCC4=O)s2)cc1. The number of aryl methyl sites for hydroxylation is 1. The molecule has 1 aliphatic carbocycles. The van der Waals surface area contributed by atoms with Gasteiger partial charge in [0.15, 0.2) is 10.1 Å². The Bertz CT molecular complexity index is 1620. The van der Waals surface area contributed by atoms with Crippen molar-refractivity contribution in [1.82, 2.24) is 10.2 Å². The molecule has 0 saturated heterocycles. The van der Waals surface area contributed by atoms with Gasteiger partial charge in [0.05, 0.1) is 37.5 Å². The van der Waals surface area contributed by atoms with Crippen LogP contribution < -0.4 is 25.4 Å². The number of nitrogens with zero attached hydrogens (tertiary/aromatic N) is 4. The minimum atomic E-state index is -0.712. The monoisotopic (exact) mass is 602 g/mol. The second-order valence-electron chi connectivity index (χ2n) is 9.66. The van der Waals surface area contributed by atoms with Gasteiger partial charge in [-0.05, 0) is 55.2 Å². The number of carbonyl (C=O) groups is 2. The van der Waals surface area contributed by atoms with Crippen LogP contribution in [0.15, 0.2) is 69.5 Å². The highest BCUT2D eigenvalue weighted by Gasteiger charge is 2.42. The van der Waals surface area contributed by atoms with Crippen molar-refractivity contribution in [3.05, 3.63) is 76.3 Å². The standard InChI is InChI=1S/C30H30N6O4S2/c1-4-17-8-10-18(11-9-17)33-25(38)16-41-30-35-34-29(42-30)36-22-6-5-7-23(37)27(22)26(21(15-31)28(36)32)20-14-19(39-2)12-13-24(20)40-3/h8-14,26H,4-7,16,32H2,1-3H3,(H,33,38). The third kappa shape index (κ3) is 5.70. The number of rotatable bonds is 9. The summed E-state index contributed by atoms with van der Waals surface area (Å²) < 4.78 is 11.6. The van der Waals surface area contributed by atoms with Gasteiger partial charge in [-0.1, -0.05) is 42.2 Å². The molecule has 0 radical (unpaired) electrons. The lowest BCUT2D eigenvalue weighted by Gasteiger charge is -2.38. The smallest absolute Gasteiger partial charge is 0.234 e. The number of aromatic nitrogens is 2. The predicted octanol–water partition coefficient (Wildman–Crippen LogP) is 5.15. The van der Waals surface area contributed by atoms with Crippen molar-refractivity contribution in [3.8, 4) is 17.6 Å².